The molecule has 0 aliphatic carbocycles. The lowest BCUT2D eigenvalue weighted by Crippen LogP contribution is -2.04. The Hall–Kier alpha value is -0.960. The molecule has 0 heterocycles. The zero-order valence-electron chi connectivity index (χ0n) is 6.71. The summed E-state index contributed by atoms with van der Waals surface area (Å²) in [4.78, 5) is -0.651. The van der Waals surface area contributed by atoms with Gasteiger partial charge in [-0.2, -0.15) is 8.42 Å². The third-order valence-corrected chi connectivity index (χ3v) is 3.02. The average molecular weight is 236 g/mol. The SMILES string of the molecule is Nc1cc(S(=O)[O-])ccc1S(=O)(=O)O. The van der Waals surface area contributed by atoms with Crippen molar-refractivity contribution in [3.8, 4) is 0 Å². The second kappa shape index (κ2) is 3.65. The third-order valence-electron chi connectivity index (χ3n) is 1.45. The summed E-state index contributed by atoms with van der Waals surface area (Å²) in [5.74, 6) is 0. The van der Waals surface area contributed by atoms with Gasteiger partial charge in [0.1, 0.15) is 4.90 Å². The molecule has 1 rings (SSSR count). The lowest BCUT2D eigenvalue weighted by atomic mass is 10.3. The Morgan fingerprint density at radius 2 is 2.00 bits per heavy atom. The summed E-state index contributed by atoms with van der Waals surface area (Å²) in [5, 5.41) is 0. The highest BCUT2D eigenvalue weighted by Gasteiger charge is 2.13. The van der Waals surface area contributed by atoms with E-state index in [-0.39, 0.29) is 10.6 Å². The second-order valence-electron chi connectivity index (χ2n) is 2.41. The summed E-state index contributed by atoms with van der Waals surface area (Å²) in [6, 6.07) is 2.91. The van der Waals surface area contributed by atoms with E-state index in [1.165, 1.54) is 0 Å². The van der Waals surface area contributed by atoms with Crippen molar-refractivity contribution in [1.29, 1.82) is 0 Å². The van der Waals surface area contributed by atoms with Gasteiger partial charge in [-0.25, -0.2) is 0 Å². The Morgan fingerprint density at radius 1 is 1.43 bits per heavy atom. The number of hydrogen-bond donors (Lipinski definition) is 2. The molecule has 0 aromatic heterocycles. The minimum absolute atomic E-state index is 0.144. The molecule has 0 aliphatic heterocycles. The summed E-state index contributed by atoms with van der Waals surface area (Å²) in [6.07, 6.45) is 0. The molecule has 78 valence electrons. The maximum Gasteiger partial charge on any atom is 0.296 e. The maximum atomic E-state index is 10.7. The highest BCUT2D eigenvalue weighted by Crippen LogP contribution is 2.20. The molecule has 1 aromatic rings. The molecule has 8 heteroatoms. The van der Waals surface area contributed by atoms with Gasteiger partial charge in [-0.05, 0) is 29.3 Å². The second-order valence-corrected chi connectivity index (χ2v) is 4.74. The van der Waals surface area contributed by atoms with Crippen LogP contribution >= 0.6 is 0 Å². The van der Waals surface area contributed by atoms with E-state index in [0.717, 1.165) is 18.2 Å². The first-order chi connectivity index (χ1) is 6.32. The van der Waals surface area contributed by atoms with Gasteiger partial charge >= 0.3 is 0 Å². The molecule has 0 radical (unpaired) electrons. The van der Waals surface area contributed by atoms with Gasteiger partial charge in [0.05, 0.1) is 5.69 Å². The molecule has 0 amide bonds. The van der Waals surface area contributed by atoms with E-state index < -0.39 is 26.1 Å². The first-order valence-electron chi connectivity index (χ1n) is 3.28. The molecule has 1 unspecified atom stereocenters. The van der Waals surface area contributed by atoms with E-state index in [2.05, 4.69) is 0 Å². The number of nitrogens with two attached hydrogens (primary N) is 1. The molecular weight excluding hydrogens is 230 g/mol. The molecule has 0 saturated carbocycles. The fraction of sp³-hybridized carbons (Fsp3) is 0. The van der Waals surface area contributed by atoms with E-state index in [0.29, 0.717) is 0 Å². The Labute approximate surface area is 82.8 Å². The number of benzene rings is 1. The Balaban J connectivity index is 3.35. The van der Waals surface area contributed by atoms with Crippen LogP contribution in [-0.4, -0.2) is 21.7 Å². The van der Waals surface area contributed by atoms with Crippen molar-refractivity contribution in [2.75, 3.05) is 5.73 Å². The van der Waals surface area contributed by atoms with Gasteiger partial charge in [-0.15, -0.1) is 0 Å². The van der Waals surface area contributed by atoms with Gasteiger partial charge in [0.15, 0.2) is 0 Å². The van der Waals surface area contributed by atoms with Crippen molar-refractivity contribution in [2.45, 2.75) is 9.79 Å². The minimum atomic E-state index is -4.40. The number of anilines is 1. The van der Waals surface area contributed by atoms with Crippen LogP contribution in [0.4, 0.5) is 5.69 Å². The van der Waals surface area contributed by atoms with E-state index in [4.69, 9.17) is 10.3 Å². The molecule has 14 heavy (non-hydrogen) atoms. The first-order valence-corrected chi connectivity index (χ1v) is 5.80. The van der Waals surface area contributed by atoms with E-state index >= 15 is 0 Å². The Kier molecular flexibility index (Phi) is 2.90. The highest BCUT2D eigenvalue weighted by atomic mass is 32.2. The van der Waals surface area contributed by atoms with Crippen LogP contribution in [0.1, 0.15) is 0 Å². The Bertz CT molecular complexity index is 481. The summed E-state index contributed by atoms with van der Waals surface area (Å²) in [5.41, 5.74) is 4.92. The monoisotopic (exact) mass is 236 g/mol. The predicted molar refractivity (Wildman–Crippen MR) is 47.9 cm³/mol. The molecule has 1 aromatic carbocycles. The van der Waals surface area contributed by atoms with Crippen molar-refractivity contribution in [3.05, 3.63) is 18.2 Å². The van der Waals surface area contributed by atoms with Crippen LogP contribution in [0.2, 0.25) is 0 Å². The highest BCUT2D eigenvalue weighted by molar-refractivity contribution is 7.86. The molecular formula is C6H6NO5S2-. The topological polar surface area (TPSA) is 121 Å². The van der Waals surface area contributed by atoms with Crippen LogP contribution in [0.25, 0.3) is 0 Å². The van der Waals surface area contributed by atoms with Crippen molar-refractivity contribution < 1.29 is 21.7 Å². The van der Waals surface area contributed by atoms with E-state index in [1.807, 2.05) is 0 Å². The van der Waals surface area contributed by atoms with Crippen LogP contribution in [-0.2, 0) is 21.2 Å². The normalized spacial score (nSPS) is 13.9. The summed E-state index contributed by atoms with van der Waals surface area (Å²) >= 11 is -2.48. The molecule has 3 N–H and O–H groups in total. The molecule has 0 fully saturated rings. The van der Waals surface area contributed by atoms with Crippen molar-refractivity contribution in [3.63, 3.8) is 0 Å². The van der Waals surface area contributed by atoms with Crippen LogP contribution in [0, 0.1) is 0 Å². The fourth-order valence-electron chi connectivity index (χ4n) is 0.865. The van der Waals surface area contributed by atoms with Gasteiger partial charge in [-0.1, -0.05) is 0 Å². The van der Waals surface area contributed by atoms with Crippen LogP contribution in [0.5, 0.6) is 0 Å². The number of hydrogen-bond acceptors (Lipinski definition) is 5. The van der Waals surface area contributed by atoms with Gasteiger partial charge < -0.3 is 10.3 Å². The maximum absolute atomic E-state index is 10.7. The summed E-state index contributed by atoms with van der Waals surface area (Å²) in [6.45, 7) is 0. The quantitative estimate of drug-likeness (QED) is 0.415. The van der Waals surface area contributed by atoms with Crippen molar-refractivity contribution in [1.82, 2.24) is 0 Å². The van der Waals surface area contributed by atoms with Gasteiger partial charge in [0.25, 0.3) is 10.1 Å². The lowest BCUT2D eigenvalue weighted by molar-refractivity contribution is 0.483. The molecule has 6 nitrogen and oxygen atoms in total. The number of nitrogen functional groups attached to an aromatic ring is 1. The predicted octanol–water partition coefficient (Wildman–Crippen LogP) is -0.246. The zero-order chi connectivity index (χ0) is 10.9. The summed E-state index contributed by atoms with van der Waals surface area (Å²) in [7, 11) is -4.40. The summed E-state index contributed by atoms with van der Waals surface area (Å²) < 4.78 is 50.8. The average Bonchev–Trinajstić information content (AvgIpc) is 2.01. The smallest absolute Gasteiger partial charge is 0.296 e. The molecule has 0 aliphatic rings. The molecule has 0 spiro atoms. The Morgan fingerprint density at radius 3 is 2.36 bits per heavy atom. The standard InChI is InChI=1S/C6H7NO5S2/c7-5-3-4(13(8)9)1-2-6(5)14(10,11)12/h1-3H,7H2,(H,8,9)(H,10,11,12)/p-1. The van der Waals surface area contributed by atoms with E-state index in [1.54, 1.807) is 0 Å². The third kappa shape index (κ3) is 2.29. The minimum Gasteiger partial charge on any atom is -0.768 e. The van der Waals surface area contributed by atoms with Crippen molar-refractivity contribution in [2.24, 2.45) is 0 Å². The molecule has 0 saturated heterocycles. The van der Waals surface area contributed by atoms with E-state index in [9.17, 15) is 17.2 Å². The molecule has 1 atom stereocenters. The lowest BCUT2D eigenvalue weighted by Gasteiger charge is -2.07. The van der Waals surface area contributed by atoms with Gasteiger partial charge in [0.2, 0.25) is 0 Å². The van der Waals surface area contributed by atoms with Crippen LogP contribution < -0.4 is 5.73 Å². The van der Waals surface area contributed by atoms with Gasteiger partial charge in [-0.3, -0.25) is 8.76 Å². The molecule has 0 bridgehead atoms. The fourth-order valence-corrected chi connectivity index (χ4v) is 1.86. The first kappa shape index (κ1) is 11.1. The zero-order valence-corrected chi connectivity index (χ0v) is 8.34. The van der Waals surface area contributed by atoms with Crippen LogP contribution in [0.3, 0.4) is 0 Å². The largest absolute Gasteiger partial charge is 0.768 e. The van der Waals surface area contributed by atoms with Crippen LogP contribution in [0.15, 0.2) is 28.0 Å². The van der Waals surface area contributed by atoms with Crippen molar-refractivity contribution >= 4 is 26.9 Å². The number of rotatable bonds is 2. The van der Waals surface area contributed by atoms with Gasteiger partial charge in [0, 0.05) is 4.90 Å².